The van der Waals surface area contributed by atoms with E-state index in [2.05, 4.69) is 10.2 Å². The Balaban J connectivity index is 1.50. The van der Waals surface area contributed by atoms with E-state index in [-0.39, 0.29) is 6.61 Å². The van der Waals surface area contributed by atoms with Gasteiger partial charge in [-0.3, -0.25) is 0 Å². The van der Waals surface area contributed by atoms with Crippen molar-refractivity contribution in [3.8, 4) is 11.5 Å². The zero-order valence-corrected chi connectivity index (χ0v) is 16.9. The number of likely N-dealkylation sites (tertiary alicyclic amines) is 1. The summed E-state index contributed by atoms with van der Waals surface area (Å²) in [5, 5.41) is 13.7. The summed E-state index contributed by atoms with van der Waals surface area (Å²) in [6, 6.07) is 9.82. The molecule has 3 rings (SSSR count). The number of ether oxygens (including phenoxy) is 2. The quantitative estimate of drug-likeness (QED) is 0.652. The van der Waals surface area contributed by atoms with E-state index in [1.807, 2.05) is 37.3 Å². The highest BCUT2D eigenvalue weighted by atomic mass is 16.5. The van der Waals surface area contributed by atoms with Crippen LogP contribution >= 0.6 is 0 Å². The van der Waals surface area contributed by atoms with Gasteiger partial charge in [0, 0.05) is 13.1 Å². The summed E-state index contributed by atoms with van der Waals surface area (Å²) >= 11 is 0. The van der Waals surface area contributed by atoms with Gasteiger partial charge in [-0.2, -0.15) is 0 Å². The minimum atomic E-state index is -0.508. The van der Waals surface area contributed by atoms with Gasteiger partial charge >= 0.3 is 0 Å². The number of benzene rings is 1. The molecule has 2 aromatic rings. The van der Waals surface area contributed by atoms with Gasteiger partial charge in [-0.15, -0.1) is 0 Å². The SMILES string of the molecule is COc1ccc(CNCc2ccc(C)o2)cc1OCC(O)CN1CCCCC1. The third kappa shape index (κ3) is 6.26. The van der Waals surface area contributed by atoms with Gasteiger partial charge in [-0.1, -0.05) is 12.5 Å². The molecule has 154 valence electrons. The largest absolute Gasteiger partial charge is 0.493 e. The van der Waals surface area contributed by atoms with E-state index >= 15 is 0 Å². The number of hydrogen-bond acceptors (Lipinski definition) is 6. The first-order valence-electron chi connectivity index (χ1n) is 10.1. The van der Waals surface area contributed by atoms with Crippen LogP contribution in [0, 0.1) is 6.92 Å². The molecule has 2 heterocycles. The standard InChI is InChI=1S/C22H32N2O4/c1-17-6-8-20(28-17)14-23-13-18-7-9-21(26-2)22(12-18)27-16-19(25)15-24-10-4-3-5-11-24/h6-9,12,19,23,25H,3-5,10-11,13-16H2,1-2H3. The summed E-state index contributed by atoms with van der Waals surface area (Å²) in [5.74, 6) is 3.17. The van der Waals surface area contributed by atoms with Gasteiger partial charge in [0.25, 0.3) is 0 Å². The van der Waals surface area contributed by atoms with Crippen molar-refractivity contribution >= 4 is 0 Å². The number of aryl methyl sites for hydroxylation is 1. The van der Waals surface area contributed by atoms with E-state index in [0.29, 0.717) is 31.1 Å². The first kappa shape index (κ1) is 20.7. The van der Waals surface area contributed by atoms with E-state index in [0.717, 1.165) is 30.2 Å². The maximum atomic E-state index is 10.3. The monoisotopic (exact) mass is 388 g/mol. The first-order valence-corrected chi connectivity index (χ1v) is 10.1. The smallest absolute Gasteiger partial charge is 0.161 e. The van der Waals surface area contributed by atoms with E-state index in [4.69, 9.17) is 13.9 Å². The maximum Gasteiger partial charge on any atom is 0.161 e. The second-order valence-corrected chi connectivity index (χ2v) is 7.43. The van der Waals surface area contributed by atoms with Gasteiger partial charge in [0.15, 0.2) is 11.5 Å². The lowest BCUT2D eigenvalue weighted by atomic mass is 10.1. The number of methoxy groups -OCH3 is 1. The highest BCUT2D eigenvalue weighted by Gasteiger charge is 2.16. The number of nitrogens with zero attached hydrogens (tertiary/aromatic N) is 1. The van der Waals surface area contributed by atoms with Crippen LogP contribution in [0.4, 0.5) is 0 Å². The van der Waals surface area contributed by atoms with Crippen LogP contribution in [-0.2, 0) is 13.1 Å². The van der Waals surface area contributed by atoms with Gasteiger partial charge in [0.2, 0.25) is 0 Å². The van der Waals surface area contributed by atoms with Crippen LogP contribution in [0.25, 0.3) is 0 Å². The van der Waals surface area contributed by atoms with Crippen LogP contribution in [-0.4, -0.2) is 49.5 Å². The van der Waals surface area contributed by atoms with Gasteiger partial charge in [-0.25, -0.2) is 0 Å². The number of rotatable bonds is 10. The van der Waals surface area contributed by atoms with Crippen molar-refractivity contribution in [2.24, 2.45) is 0 Å². The molecule has 0 amide bonds. The fourth-order valence-electron chi connectivity index (χ4n) is 3.53. The Morgan fingerprint density at radius 1 is 1.11 bits per heavy atom. The molecular formula is C22H32N2O4. The van der Waals surface area contributed by atoms with Crippen LogP contribution in [0.3, 0.4) is 0 Å². The van der Waals surface area contributed by atoms with E-state index < -0.39 is 6.10 Å². The van der Waals surface area contributed by atoms with E-state index in [9.17, 15) is 5.11 Å². The molecule has 1 fully saturated rings. The van der Waals surface area contributed by atoms with Gasteiger partial charge in [0.1, 0.15) is 24.2 Å². The molecule has 1 saturated heterocycles. The molecular weight excluding hydrogens is 356 g/mol. The predicted molar refractivity (Wildman–Crippen MR) is 109 cm³/mol. The molecule has 6 nitrogen and oxygen atoms in total. The first-order chi connectivity index (χ1) is 13.6. The molecule has 2 N–H and O–H groups in total. The molecule has 1 unspecified atom stereocenters. The Hall–Kier alpha value is -2.02. The van der Waals surface area contributed by atoms with Crippen molar-refractivity contribution in [3.63, 3.8) is 0 Å². The highest BCUT2D eigenvalue weighted by molar-refractivity contribution is 5.43. The normalized spacial score (nSPS) is 16.1. The molecule has 1 atom stereocenters. The Bertz CT molecular complexity index is 725. The van der Waals surface area contributed by atoms with Crippen LogP contribution < -0.4 is 14.8 Å². The Labute approximate surface area is 167 Å². The number of piperidine rings is 1. The van der Waals surface area contributed by atoms with Crippen molar-refractivity contribution in [1.82, 2.24) is 10.2 Å². The Morgan fingerprint density at radius 3 is 2.64 bits per heavy atom. The second-order valence-electron chi connectivity index (χ2n) is 7.43. The molecule has 1 aliphatic rings. The molecule has 0 spiro atoms. The second kappa shape index (κ2) is 10.5. The van der Waals surface area contributed by atoms with Gasteiger partial charge in [0.05, 0.1) is 13.7 Å². The number of β-amino-alcohol motifs (C(OH)–C–C–N with tert-alkyl or cyclic N) is 1. The van der Waals surface area contributed by atoms with Crippen molar-refractivity contribution in [1.29, 1.82) is 0 Å². The molecule has 6 heteroatoms. The number of aliphatic hydroxyl groups is 1. The maximum absolute atomic E-state index is 10.3. The number of nitrogens with one attached hydrogen (secondary N) is 1. The minimum absolute atomic E-state index is 0.259. The molecule has 28 heavy (non-hydrogen) atoms. The summed E-state index contributed by atoms with van der Waals surface area (Å²) in [7, 11) is 1.63. The number of hydrogen-bond donors (Lipinski definition) is 2. The van der Waals surface area contributed by atoms with Gasteiger partial charge in [-0.05, 0) is 62.7 Å². The average Bonchev–Trinajstić information content (AvgIpc) is 3.12. The average molecular weight is 389 g/mol. The summed E-state index contributed by atoms with van der Waals surface area (Å²) in [4.78, 5) is 2.31. The molecule has 0 bridgehead atoms. The summed E-state index contributed by atoms with van der Waals surface area (Å²) in [6.07, 6.45) is 3.22. The van der Waals surface area contributed by atoms with Crippen molar-refractivity contribution in [3.05, 3.63) is 47.4 Å². The van der Waals surface area contributed by atoms with Crippen LogP contribution in [0.5, 0.6) is 11.5 Å². The lowest BCUT2D eigenvalue weighted by Crippen LogP contribution is -2.38. The zero-order chi connectivity index (χ0) is 19.8. The number of aliphatic hydroxyl groups excluding tert-OH is 1. The molecule has 1 aromatic heterocycles. The molecule has 0 radical (unpaired) electrons. The topological polar surface area (TPSA) is 67.1 Å². The van der Waals surface area contributed by atoms with E-state index in [1.54, 1.807) is 7.11 Å². The fraction of sp³-hybridized carbons (Fsp3) is 0.545. The predicted octanol–water partition coefficient (Wildman–Crippen LogP) is 3.11. The summed E-state index contributed by atoms with van der Waals surface area (Å²) in [5.41, 5.74) is 1.09. The molecule has 0 saturated carbocycles. The Morgan fingerprint density at radius 2 is 1.93 bits per heavy atom. The Kier molecular flexibility index (Phi) is 7.77. The molecule has 0 aliphatic carbocycles. The fourth-order valence-corrected chi connectivity index (χ4v) is 3.53. The van der Waals surface area contributed by atoms with E-state index in [1.165, 1.54) is 19.3 Å². The van der Waals surface area contributed by atoms with Crippen LogP contribution in [0.1, 0.15) is 36.3 Å². The minimum Gasteiger partial charge on any atom is -0.493 e. The van der Waals surface area contributed by atoms with Crippen molar-refractivity contribution in [2.45, 2.75) is 45.4 Å². The summed E-state index contributed by atoms with van der Waals surface area (Å²) in [6.45, 7) is 6.35. The third-order valence-corrected chi connectivity index (χ3v) is 5.00. The lowest BCUT2D eigenvalue weighted by molar-refractivity contribution is 0.0608. The molecule has 1 aliphatic heterocycles. The van der Waals surface area contributed by atoms with Crippen LogP contribution in [0.2, 0.25) is 0 Å². The zero-order valence-electron chi connectivity index (χ0n) is 16.9. The van der Waals surface area contributed by atoms with Gasteiger partial charge < -0.3 is 29.2 Å². The highest BCUT2D eigenvalue weighted by Crippen LogP contribution is 2.28. The third-order valence-electron chi connectivity index (χ3n) is 5.00. The van der Waals surface area contributed by atoms with Crippen LogP contribution in [0.15, 0.2) is 34.7 Å². The van der Waals surface area contributed by atoms with Crippen molar-refractivity contribution < 1.29 is 19.0 Å². The lowest BCUT2D eigenvalue weighted by Gasteiger charge is -2.28. The molecule has 1 aromatic carbocycles. The number of furan rings is 1. The van der Waals surface area contributed by atoms with Crippen molar-refractivity contribution in [2.75, 3.05) is 33.4 Å². The summed E-state index contributed by atoms with van der Waals surface area (Å²) < 4.78 is 16.9.